The summed E-state index contributed by atoms with van der Waals surface area (Å²) in [6, 6.07) is 5.78. The fraction of sp³-hybridized carbons (Fsp3) is 0.0909. The van der Waals surface area contributed by atoms with Crippen LogP contribution in [0.15, 0.2) is 24.4 Å². The third-order valence-electron chi connectivity index (χ3n) is 2.78. The molecule has 3 aromatic rings. The second-order valence-corrected chi connectivity index (χ2v) is 3.80. The Kier molecular flexibility index (Phi) is 1.60. The molecule has 0 bridgehead atoms. The van der Waals surface area contributed by atoms with Crippen LogP contribution in [0, 0.1) is 0 Å². The van der Waals surface area contributed by atoms with E-state index in [1.54, 1.807) is 6.20 Å². The Morgan fingerprint density at radius 3 is 2.81 bits per heavy atom. The summed E-state index contributed by atoms with van der Waals surface area (Å²) in [5, 5.41) is 2.08. The normalized spacial score (nSPS) is 11.3. The molecule has 2 heterocycles. The molecule has 3 rings (SSSR count). The lowest BCUT2D eigenvalue weighted by Gasteiger charge is -1.97. The van der Waals surface area contributed by atoms with Crippen LogP contribution in [0.5, 0.6) is 0 Å². The van der Waals surface area contributed by atoms with Gasteiger partial charge in [0.15, 0.2) is 0 Å². The van der Waals surface area contributed by atoms with Crippen molar-refractivity contribution >= 4 is 33.6 Å². The van der Waals surface area contributed by atoms with Gasteiger partial charge in [-0.05, 0) is 12.1 Å². The standard InChI is InChI=1S/C11H11N5/c1-16-9-4-6(12)2-3-7(9)8-5-14-11(13)15-10(8)16/h2-5H,12H2,1H3,(H2,13,14,15). The zero-order chi connectivity index (χ0) is 11.3. The maximum absolute atomic E-state index is 5.77. The molecule has 2 aromatic heterocycles. The van der Waals surface area contributed by atoms with E-state index in [2.05, 4.69) is 9.97 Å². The van der Waals surface area contributed by atoms with E-state index in [0.717, 1.165) is 27.6 Å². The van der Waals surface area contributed by atoms with Crippen LogP contribution in [0.4, 0.5) is 11.6 Å². The van der Waals surface area contributed by atoms with Crippen LogP contribution in [0.1, 0.15) is 0 Å². The zero-order valence-electron chi connectivity index (χ0n) is 8.81. The number of aromatic nitrogens is 3. The highest BCUT2D eigenvalue weighted by atomic mass is 15.1. The number of rotatable bonds is 0. The second kappa shape index (κ2) is 2.85. The number of fused-ring (bicyclic) bond motifs is 3. The lowest BCUT2D eigenvalue weighted by atomic mass is 10.2. The molecule has 5 heteroatoms. The van der Waals surface area contributed by atoms with Crippen LogP contribution in [-0.4, -0.2) is 14.5 Å². The summed E-state index contributed by atoms with van der Waals surface area (Å²) >= 11 is 0. The highest BCUT2D eigenvalue weighted by Crippen LogP contribution is 2.27. The summed E-state index contributed by atoms with van der Waals surface area (Å²) in [7, 11) is 1.94. The van der Waals surface area contributed by atoms with Crippen LogP contribution in [-0.2, 0) is 7.05 Å². The lowest BCUT2D eigenvalue weighted by Crippen LogP contribution is -1.96. The van der Waals surface area contributed by atoms with Gasteiger partial charge in [0.25, 0.3) is 0 Å². The Hall–Kier alpha value is -2.30. The van der Waals surface area contributed by atoms with Crippen molar-refractivity contribution in [3.8, 4) is 0 Å². The van der Waals surface area contributed by atoms with Gasteiger partial charge in [0, 0.05) is 29.7 Å². The minimum atomic E-state index is 0.284. The van der Waals surface area contributed by atoms with Crippen LogP contribution >= 0.6 is 0 Å². The van der Waals surface area contributed by atoms with Gasteiger partial charge in [-0.1, -0.05) is 6.07 Å². The molecule has 0 aliphatic rings. The van der Waals surface area contributed by atoms with E-state index in [1.165, 1.54) is 0 Å². The van der Waals surface area contributed by atoms with Gasteiger partial charge in [0.2, 0.25) is 5.95 Å². The number of nitrogen functional groups attached to an aromatic ring is 2. The fourth-order valence-corrected chi connectivity index (χ4v) is 2.00. The van der Waals surface area contributed by atoms with Crippen molar-refractivity contribution in [2.75, 3.05) is 11.5 Å². The van der Waals surface area contributed by atoms with Crippen molar-refractivity contribution in [1.82, 2.24) is 14.5 Å². The first-order valence-corrected chi connectivity index (χ1v) is 4.93. The Morgan fingerprint density at radius 1 is 1.19 bits per heavy atom. The van der Waals surface area contributed by atoms with Gasteiger partial charge in [0.05, 0.1) is 5.52 Å². The van der Waals surface area contributed by atoms with Crippen LogP contribution in [0.2, 0.25) is 0 Å². The number of nitrogens with zero attached hydrogens (tertiary/aromatic N) is 3. The summed E-state index contributed by atoms with van der Waals surface area (Å²) in [6.45, 7) is 0. The SMILES string of the molecule is Cn1c2cc(N)ccc2c2cnc(N)nc21. The predicted octanol–water partition coefficient (Wildman–Crippen LogP) is 1.29. The van der Waals surface area contributed by atoms with Gasteiger partial charge in [-0.2, -0.15) is 4.98 Å². The molecule has 0 saturated heterocycles. The molecule has 0 amide bonds. The first-order valence-electron chi connectivity index (χ1n) is 4.93. The highest BCUT2D eigenvalue weighted by molar-refractivity contribution is 6.07. The first kappa shape index (κ1) is 8.96. The maximum atomic E-state index is 5.77. The summed E-state index contributed by atoms with van der Waals surface area (Å²) in [6.07, 6.45) is 1.75. The van der Waals surface area contributed by atoms with Crippen molar-refractivity contribution in [3.63, 3.8) is 0 Å². The number of hydrogen-bond acceptors (Lipinski definition) is 4. The van der Waals surface area contributed by atoms with Gasteiger partial charge in [-0.3, -0.25) is 0 Å². The molecular formula is C11H11N5. The van der Waals surface area contributed by atoms with Gasteiger partial charge >= 0.3 is 0 Å². The molecule has 0 aliphatic carbocycles. The molecule has 0 aliphatic heterocycles. The summed E-state index contributed by atoms with van der Waals surface area (Å²) in [5.41, 5.74) is 14.0. The quantitative estimate of drug-likeness (QED) is 0.551. The summed E-state index contributed by atoms with van der Waals surface area (Å²) in [5.74, 6) is 0.284. The molecule has 0 unspecified atom stereocenters. The highest BCUT2D eigenvalue weighted by Gasteiger charge is 2.09. The topological polar surface area (TPSA) is 82.8 Å². The van der Waals surface area contributed by atoms with Gasteiger partial charge in [-0.25, -0.2) is 4.98 Å². The Balaban J connectivity index is 2.59. The van der Waals surface area contributed by atoms with E-state index >= 15 is 0 Å². The Bertz CT molecular complexity index is 639. The molecule has 4 N–H and O–H groups in total. The zero-order valence-corrected chi connectivity index (χ0v) is 8.81. The molecule has 0 radical (unpaired) electrons. The van der Waals surface area contributed by atoms with Crippen LogP contribution in [0.3, 0.4) is 0 Å². The number of benzene rings is 1. The number of anilines is 2. The monoisotopic (exact) mass is 213 g/mol. The van der Waals surface area contributed by atoms with Crippen molar-refractivity contribution < 1.29 is 0 Å². The second-order valence-electron chi connectivity index (χ2n) is 3.80. The van der Waals surface area contributed by atoms with Crippen LogP contribution in [0.25, 0.3) is 21.9 Å². The average molecular weight is 213 g/mol. The van der Waals surface area contributed by atoms with Crippen molar-refractivity contribution in [2.45, 2.75) is 0 Å². The van der Waals surface area contributed by atoms with E-state index in [4.69, 9.17) is 11.5 Å². The van der Waals surface area contributed by atoms with E-state index < -0.39 is 0 Å². The smallest absolute Gasteiger partial charge is 0.221 e. The molecule has 16 heavy (non-hydrogen) atoms. The van der Waals surface area contributed by atoms with Crippen LogP contribution < -0.4 is 11.5 Å². The lowest BCUT2D eigenvalue weighted by molar-refractivity contribution is 0.985. The Labute approximate surface area is 91.7 Å². The Morgan fingerprint density at radius 2 is 2.00 bits per heavy atom. The van der Waals surface area contributed by atoms with Gasteiger partial charge < -0.3 is 16.0 Å². The minimum Gasteiger partial charge on any atom is -0.399 e. The van der Waals surface area contributed by atoms with Crippen molar-refractivity contribution in [3.05, 3.63) is 24.4 Å². The molecule has 1 aromatic carbocycles. The molecule has 80 valence electrons. The molecule has 0 saturated carbocycles. The molecule has 0 atom stereocenters. The first-order chi connectivity index (χ1) is 7.66. The van der Waals surface area contributed by atoms with Crippen molar-refractivity contribution in [1.29, 1.82) is 0 Å². The van der Waals surface area contributed by atoms with E-state index in [-0.39, 0.29) is 5.95 Å². The number of hydrogen-bond donors (Lipinski definition) is 2. The third-order valence-corrected chi connectivity index (χ3v) is 2.78. The number of nitrogens with two attached hydrogens (primary N) is 2. The largest absolute Gasteiger partial charge is 0.399 e. The molecule has 5 nitrogen and oxygen atoms in total. The third kappa shape index (κ3) is 1.05. The maximum Gasteiger partial charge on any atom is 0.221 e. The van der Waals surface area contributed by atoms with E-state index in [9.17, 15) is 0 Å². The predicted molar refractivity (Wildman–Crippen MR) is 64.8 cm³/mol. The fourth-order valence-electron chi connectivity index (χ4n) is 2.00. The van der Waals surface area contributed by atoms with E-state index in [1.807, 2.05) is 29.8 Å². The molecule has 0 spiro atoms. The summed E-state index contributed by atoms with van der Waals surface area (Å²) < 4.78 is 1.97. The van der Waals surface area contributed by atoms with Crippen molar-refractivity contribution in [2.24, 2.45) is 7.05 Å². The van der Waals surface area contributed by atoms with Gasteiger partial charge in [0.1, 0.15) is 5.65 Å². The molecular weight excluding hydrogens is 202 g/mol. The number of aryl methyl sites for hydroxylation is 1. The summed E-state index contributed by atoms with van der Waals surface area (Å²) in [4.78, 5) is 8.25. The minimum absolute atomic E-state index is 0.284. The molecule has 0 fully saturated rings. The van der Waals surface area contributed by atoms with Gasteiger partial charge in [-0.15, -0.1) is 0 Å². The van der Waals surface area contributed by atoms with E-state index in [0.29, 0.717) is 0 Å². The average Bonchev–Trinajstić information content (AvgIpc) is 2.53.